The Hall–Kier alpha value is -2.15. The van der Waals surface area contributed by atoms with Crippen molar-refractivity contribution >= 4 is 44.1 Å². The van der Waals surface area contributed by atoms with E-state index in [0.717, 1.165) is 47.0 Å². The summed E-state index contributed by atoms with van der Waals surface area (Å²) in [4.78, 5) is 23.9. The summed E-state index contributed by atoms with van der Waals surface area (Å²) in [7, 11) is 2.16. The van der Waals surface area contributed by atoms with E-state index in [2.05, 4.69) is 52.6 Å². The fraction of sp³-hybridized carbons (Fsp3) is 0.273. The van der Waals surface area contributed by atoms with Gasteiger partial charge in [0.25, 0.3) is 5.56 Å². The van der Waals surface area contributed by atoms with E-state index >= 15 is 0 Å². The number of thiophene rings is 1. The highest BCUT2D eigenvalue weighted by Crippen LogP contribution is 2.34. The van der Waals surface area contributed by atoms with Crippen LogP contribution in [0, 0.1) is 0 Å². The maximum atomic E-state index is 12.9. The van der Waals surface area contributed by atoms with Crippen LogP contribution in [0.5, 0.6) is 0 Å². The van der Waals surface area contributed by atoms with Gasteiger partial charge in [-0.3, -0.25) is 4.79 Å². The Kier molecular flexibility index (Phi) is 4.70. The number of nitrogens with one attached hydrogen (secondary N) is 1. The molecule has 0 spiro atoms. The number of H-pyrrole nitrogens is 1. The lowest BCUT2D eigenvalue weighted by atomic mass is 10.0. The summed E-state index contributed by atoms with van der Waals surface area (Å²) in [6.07, 6.45) is 2.27. The molecule has 4 nitrogen and oxygen atoms in total. The number of rotatable bonds is 3. The molecule has 1 aliphatic rings. The summed E-state index contributed by atoms with van der Waals surface area (Å²) in [5.41, 5.74) is 1.99. The molecule has 1 aliphatic heterocycles. The van der Waals surface area contributed by atoms with Crippen LogP contribution in [0.2, 0.25) is 0 Å². The summed E-state index contributed by atoms with van der Waals surface area (Å²) in [6, 6.07) is 14.6. The molecule has 1 saturated heterocycles. The Balaban J connectivity index is 1.50. The molecule has 0 atom stereocenters. The Morgan fingerprint density at radius 2 is 1.93 bits per heavy atom. The van der Waals surface area contributed by atoms with Gasteiger partial charge in [0.15, 0.2) is 5.16 Å². The maximum Gasteiger partial charge on any atom is 0.260 e. The highest BCUT2D eigenvalue weighted by Gasteiger charge is 2.20. The summed E-state index contributed by atoms with van der Waals surface area (Å²) in [5.74, 6) is 0. The largest absolute Gasteiger partial charge is 0.306 e. The molecule has 6 heteroatoms. The number of hydrogen-bond donors (Lipinski definition) is 1. The molecule has 4 aromatic rings. The lowest BCUT2D eigenvalue weighted by molar-refractivity contribution is 0.282. The van der Waals surface area contributed by atoms with Crippen molar-refractivity contribution in [3.63, 3.8) is 0 Å². The van der Waals surface area contributed by atoms with E-state index in [1.807, 2.05) is 12.1 Å². The number of benzene rings is 2. The molecule has 28 heavy (non-hydrogen) atoms. The van der Waals surface area contributed by atoms with Crippen LogP contribution < -0.4 is 5.56 Å². The SMILES string of the molecule is CN1CCC(Sc2nc3scc(-c4ccc5ccccc5c4)c3c(=O)[nH]2)CC1. The molecule has 0 amide bonds. The molecule has 3 heterocycles. The predicted molar refractivity (Wildman–Crippen MR) is 120 cm³/mol. The highest BCUT2D eigenvalue weighted by atomic mass is 32.2. The third-order valence-electron chi connectivity index (χ3n) is 5.43. The second kappa shape index (κ2) is 7.35. The van der Waals surface area contributed by atoms with Crippen molar-refractivity contribution in [2.45, 2.75) is 23.2 Å². The maximum absolute atomic E-state index is 12.9. The van der Waals surface area contributed by atoms with Crippen LogP contribution in [0.3, 0.4) is 0 Å². The van der Waals surface area contributed by atoms with Crippen LogP contribution in [0.15, 0.2) is 57.8 Å². The van der Waals surface area contributed by atoms with Crippen molar-refractivity contribution in [3.05, 3.63) is 58.2 Å². The Morgan fingerprint density at radius 1 is 1.14 bits per heavy atom. The van der Waals surface area contributed by atoms with E-state index in [1.54, 1.807) is 23.1 Å². The van der Waals surface area contributed by atoms with Crippen molar-refractivity contribution in [1.82, 2.24) is 14.9 Å². The molecule has 1 fully saturated rings. The zero-order valence-corrected chi connectivity index (χ0v) is 17.3. The van der Waals surface area contributed by atoms with E-state index in [0.29, 0.717) is 10.6 Å². The zero-order valence-electron chi connectivity index (χ0n) is 15.6. The van der Waals surface area contributed by atoms with Crippen molar-refractivity contribution in [2.75, 3.05) is 20.1 Å². The van der Waals surface area contributed by atoms with Gasteiger partial charge in [0.2, 0.25) is 0 Å². The van der Waals surface area contributed by atoms with Crippen LogP contribution in [0.25, 0.3) is 32.1 Å². The first-order valence-corrected chi connectivity index (χ1v) is 11.3. The summed E-state index contributed by atoms with van der Waals surface area (Å²) < 4.78 is 0. The topological polar surface area (TPSA) is 49.0 Å². The van der Waals surface area contributed by atoms with Crippen molar-refractivity contribution in [2.24, 2.45) is 0 Å². The van der Waals surface area contributed by atoms with Gasteiger partial charge in [-0.2, -0.15) is 0 Å². The second-order valence-corrected chi connectivity index (χ2v) is 9.53. The molecule has 0 aliphatic carbocycles. The minimum absolute atomic E-state index is 0.0372. The lowest BCUT2D eigenvalue weighted by Gasteiger charge is -2.27. The van der Waals surface area contributed by atoms with E-state index in [9.17, 15) is 4.79 Å². The van der Waals surface area contributed by atoms with Crippen molar-refractivity contribution < 1.29 is 0 Å². The number of likely N-dealkylation sites (tertiary alicyclic amines) is 1. The molecule has 1 N–H and O–H groups in total. The standard InChI is InChI=1S/C22H21N3OS2/c1-25-10-8-17(9-11-25)28-22-23-20(26)19-18(13-27-21(19)24-22)16-7-6-14-4-2-3-5-15(14)12-16/h2-7,12-13,17H,8-11H2,1H3,(H,23,24,26). The zero-order chi connectivity index (χ0) is 19.1. The van der Waals surface area contributed by atoms with Crippen LogP contribution in [0.4, 0.5) is 0 Å². The number of piperidine rings is 1. The first-order valence-electron chi connectivity index (χ1n) is 9.53. The van der Waals surface area contributed by atoms with Gasteiger partial charge < -0.3 is 9.88 Å². The first-order chi connectivity index (χ1) is 13.7. The Morgan fingerprint density at radius 3 is 2.75 bits per heavy atom. The molecule has 2 aromatic carbocycles. The Bertz CT molecular complexity index is 1210. The second-order valence-electron chi connectivity index (χ2n) is 7.38. The molecule has 142 valence electrons. The lowest BCUT2D eigenvalue weighted by Crippen LogP contribution is -2.31. The number of hydrogen-bond acceptors (Lipinski definition) is 5. The normalized spacial score (nSPS) is 16.2. The van der Waals surface area contributed by atoms with Crippen LogP contribution in [0.1, 0.15) is 12.8 Å². The van der Waals surface area contributed by atoms with Gasteiger partial charge in [0.1, 0.15) is 4.83 Å². The molecular weight excluding hydrogens is 386 g/mol. The minimum Gasteiger partial charge on any atom is -0.306 e. The fourth-order valence-corrected chi connectivity index (χ4v) is 5.88. The number of aromatic amines is 1. The number of fused-ring (bicyclic) bond motifs is 2. The van der Waals surface area contributed by atoms with Gasteiger partial charge >= 0.3 is 0 Å². The van der Waals surface area contributed by atoms with Crippen LogP contribution in [-0.2, 0) is 0 Å². The number of aromatic nitrogens is 2. The minimum atomic E-state index is -0.0372. The van der Waals surface area contributed by atoms with Gasteiger partial charge in [-0.1, -0.05) is 48.2 Å². The third kappa shape index (κ3) is 3.36. The smallest absolute Gasteiger partial charge is 0.260 e. The molecule has 0 bridgehead atoms. The molecule has 5 rings (SSSR count). The fourth-order valence-electron chi connectivity index (χ4n) is 3.81. The summed E-state index contributed by atoms with van der Waals surface area (Å²) in [6.45, 7) is 2.21. The third-order valence-corrected chi connectivity index (χ3v) is 7.52. The Labute approximate surface area is 171 Å². The van der Waals surface area contributed by atoms with Gasteiger partial charge in [0, 0.05) is 16.2 Å². The molecule has 0 saturated carbocycles. The predicted octanol–water partition coefficient (Wildman–Crippen LogP) is 4.99. The number of thioether (sulfide) groups is 1. The van der Waals surface area contributed by atoms with Crippen LogP contribution >= 0.6 is 23.1 Å². The molecular formula is C22H21N3OS2. The van der Waals surface area contributed by atoms with Crippen molar-refractivity contribution in [3.8, 4) is 11.1 Å². The summed E-state index contributed by atoms with van der Waals surface area (Å²) >= 11 is 3.27. The van der Waals surface area contributed by atoms with Gasteiger partial charge in [-0.05, 0) is 55.4 Å². The van der Waals surface area contributed by atoms with Gasteiger partial charge in [-0.25, -0.2) is 4.98 Å². The van der Waals surface area contributed by atoms with Crippen LogP contribution in [-0.4, -0.2) is 40.3 Å². The van der Waals surface area contributed by atoms with E-state index in [-0.39, 0.29) is 5.56 Å². The quantitative estimate of drug-likeness (QED) is 0.486. The van der Waals surface area contributed by atoms with E-state index in [4.69, 9.17) is 4.98 Å². The van der Waals surface area contributed by atoms with Crippen molar-refractivity contribution in [1.29, 1.82) is 0 Å². The average Bonchev–Trinajstić information content (AvgIpc) is 3.14. The van der Waals surface area contributed by atoms with Gasteiger partial charge in [0.05, 0.1) is 5.39 Å². The molecule has 0 unspecified atom stereocenters. The molecule has 0 radical (unpaired) electrons. The van der Waals surface area contributed by atoms with E-state index < -0.39 is 0 Å². The average molecular weight is 408 g/mol. The summed E-state index contributed by atoms with van der Waals surface area (Å²) in [5, 5.41) is 6.41. The first kappa shape index (κ1) is 17.9. The highest BCUT2D eigenvalue weighted by molar-refractivity contribution is 7.99. The number of nitrogens with zero attached hydrogens (tertiary/aromatic N) is 2. The molecule has 2 aromatic heterocycles. The monoisotopic (exact) mass is 407 g/mol. The van der Waals surface area contributed by atoms with E-state index in [1.165, 1.54) is 10.8 Å². The van der Waals surface area contributed by atoms with Gasteiger partial charge in [-0.15, -0.1) is 11.3 Å².